The molecule has 15 heavy (non-hydrogen) atoms. The van der Waals surface area contributed by atoms with Gasteiger partial charge in [-0.25, -0.2) is 17.6 Å². The number of halogens is 9. The van der Waals surface area contributed by atoms with E-state index in [2.05, 4.69) is 0 Å². The van der Waals surface area contributed by atoms with E-state index < -0.39 is 28.9 Å². The zero-order valence-electron chi connectivity index (χ0n) is 6.48. The van der Waals surface area contributed by atoms with Gasteiger partial charge < -0.3 is 0 Å². The maximum absolute atomic E-state index is 13.4. The van der Waals surface area contributed by atoms with E-state index in [1.165, 1.54) is 0 Å². The summed E-state index contributed by atoms with van der Waals surface area (Å²) >= 11 is 2.11. The van der Waals surface area contributed by atoms with E-state index in [1.54, 1.807) is 0 Å². The Morgan fingerprint density at radius 2 is 1.47 bits per heavy atom. The zero-order valence-corrected chi connectivity index (χ0v) is 13.0. The van der Waals surface area contributed by atoms with Crippen molar-refractivity contribution >= 4 is 67.8 Å². The van der Waals surface area contributed by atoms with Gasteiger partial charge in [0.1, 0.15) is 9.75 Å². The molecule has 1 rings (SSSR count). The van der Waals surface area contributed by atoms with Crippen LogP contribution >= 0.6 is 67.8 Å². The summed E-state index contributed by atoms with van der Waals surface area (Å²) in [6.45, 7) is 0. The molecule has 0 N–H and O–H groups in total. The average Bonchev–Trinajstić information content (AvgIpc) is 2.12. The average molecular weight is 568 g/mol. The summed E-state index contributed by atoms with van der Waals surface area (Å²) in [5.41, 5.74) is 0. The summed E-state index contributed by atoms with van der Waals surface area (Å²) in [5, 5.41) is 0. The molecule has 0 aromatic carbocycles. The largest absolute Gasteiger partial charge is 0.329 e. The highest BCUT2D eigenvalue weighted by molar-refractivity contribution is 14.1. The van der Waals surface area contributed by atoms with Crippen molar-refractivity contribution in [3.8, 4) is 0 Å². The van der Waals surface area contributed by atoms with Crippen molar-refractivity contribution in [3.63, 3.8) is 0 Å². The third kappa shape index (κ3) is 1.81. The van der Waals surface area contributed by atoms with Crippen LogP contribution in [0, 0.1) is 0 Å². The van der Waals surface area contributed by atoms with Gasteiger partial charge >= 0.3 is 11.8 Å². The molecule has 0 saturated carbocycles. The standard InChI is InChI=1S/C6HF6I3/c7-1-2(13)4(8,9)6(12,15)5(10,11)3(1)14/h2H. The Kier molecular flexibility index (Phi) is 3.90. The molecule has 0 aromatic rings. The van der Waals surface area contributed by atoms with E-state index in [0.717, 1.165) is 45.2 Å². The molecule has 0 saturated heterocycles. The van der Waals surface area contributed by atoms with Crippen molar-refractivity contribution in [3.05, 3.63) is 9.41 Å². The first-order valence-electron chi connectivity index (χ1n) is 3.31. The second-order valence-corrected chi connectivity index (χ2v) is 6.61. The van der Waals surface area contributed by atoms with Crippen LogP contribution in [-0.4, -0.2) is 19.4 Å². The maximum Gasteiger partial charge on any atom is 0.329 e. The molecule has 0 amide bonds. The molecular formula is C6HF6I3. The van der Waals surface area contributed by atoms with E-state index in [-0.39, 0.29) is 0 Å². The quantitative estimate of drug-likeness (QED) is 0.224. The van der Waals surface area contributed by atoms with Gasteiger partial charge in [-0.2, -0.15) is 8.78 Å². The van der Waals surface area contributed by atoms with Gasteiger partial charge in [0.15, 0.2) is 0 Å². The van der Waals surface area contributed by atoms with Gasteiger partial charge in [0.05, 0.1) is 3.58 Å². The molecule has 1 aliphatic carbocycles. The lowest BCUT2D eigenvalue weighted by molar-refractivity contribution is -0.175. The first kappa shape index (κ1) is 14.6. The summed E-state index contributed by atoms with van der Waals surface area (Å²) in [4.78, 5) is 0. The van der Waals surface area contributed by atoms with Crippen molar-refractivity contribution < 1.29 is 26.3 Å². The normalized spacial score (nSPS) is 39.4. The molecule has 1 aliphatic rings. The van der Waals surface area contributed by atoms with Crippen LogP contribution in [0.5, 0.6) is 0 Å². The lowest BCUT2D eigenvalue weighted by Gasteiger charge is -2.40. The lowest BCUT2D eigenvalue weighted by Crippen LogP contribution is -2.60. The van der Waals surface area contributed by atoms with Crippen LogP contribution in [0.15, 0.2) is 9.41 Å². The van der Waals surface area contributed by atoms with Crippen molar-refractivity contribution in [2.45, 2.75) is 19.4 Å². The van der Waals surface area contributed by atoms with Crippen LogP contribution in [0.3, 0.4) is 0 Å². The van der Waals surface area contributed by atoms with Gasteiger partial charge in [0, 0.05) is 0 Å². The molecule has 0 spiro atoms. The SMILES string of the molecule is FC1=C(I)C(F)(F)C(F)(I)C(F)(F)C1I. The Morgan fingerprint density at radius 1 is 1.07 bits per heavy atom. The monoisotopic (exact) mass is 568 g/mol. The van der Waals surface area contributed by atoms with E-state index in [4.69, 9.17) is 0 Å². The molecule has 88 valence electrons. The van der Waals surface area contributed by atoms with Crippen molar-refractivity contribution in [2.24, 2.45) is 0 Å². The second-order valence-electron chi connectivity index (χ2n) is 2.80. The Balaban J connectivity index is 3.49. The highest BCUT2D eigenvalue weighted by Crippen LogP contribution is 2.61. The highest BCUT2D eigenvalue weighted by atomic mass is 127. The summed E-state index contributed by atoms with van der Waals surface area (Å²) in [5.74, 6) is -10.7. The fraction of sp³-hybridized carbons (Fsp3) is 0.667. The van der Waals surface area contributed by atoms with Gasteiger partial charge in [0.2, 0.25) is 0 Å². The van der Waals surface area contributed by atoms with Crippen LogP contribution in [0.4, 0.5) is 26.3 Å². The number of alkyl halides is 7. The predicted molar refractivity (Wildman–Crippen MR) is 67.7 cm³/mol. The molecule has 0 aromatic heterocycles. The van der Waals surface area contributed by atoms with Gasteiger partial charge in [-0.3, -0.25) is 0 Å². The van der Waals surface area contributed by atoms with E-state index in [0.29, 0.717) is 22.6 Å². The first-order valence-corrected chi connectivity index (χ1v) is 6.71. The zero-order chi connectivity index (χ0) is 12.2. The second kappa shape index (κ2) is 4.02. The number of rotatable bonds is 0. The van der Waals surface area contributed by atoms with Crippen LogP contribution < -0.4 is 0 Å². The van der Waals surface area contributed by atoms with Crippen LogP contribution in [0.25, 0.3) is 0 Å². The van der Waals surface area contributed by atoms with Crippen molar-refractivity contribution in [2.75, 3.05) is 0 Å². The minimum Gasteiger partial charge on any atom is -0.218 e. The molecule has 9 heteroatoms. The summed E-state index contributed by atoms with van der Waals surface area (Å²) < 4.78 is 71.3. The number of hydrogen-bond donors (Lipinski definition) is 0. The van der Waals surface area contributed by atoms with E-state index in [9.17, 15) is 26.3 Å². The van der Waals surface area contributed by atoms with E-state index in [1.807, 2.05) is 0 Å². The molecule has 0 nitrogen and oxygen atoms in total. The Morgan fingerprint density at radius 3 is 1.87 bits per heavy atom. The lowest BCUT2D eigenvalue weighted by atomic mass is 9.97. The first-order chi connectivity index (χ1) is 6.48. The molecule has 2 atom stereocenters. The Bertz CT molecular complexity index is 323. The fourth-order valence-electron chi connectivity index (χ4n) is 0.927. The third-order valence-electron chi connectivity index (χ3n) is 1.84. The summed E-state index contributed by atoms with van der Waals surface area (Å²) in [6, 6.07) is 0. The molecule has 2 unspecified atom stereocenters. The number of allylic oxidation sites excluding steroid dienone is 2. The van der Waals surface area contributed by atoms with Gasteiger partial charge in [-0.1, -0.05) is 22.6 Å². The van der Waals surface area contributed by atoms with Gasteiger partial charge in [-0.05, 0) is 45.2 Å². The Labute approximate surface area is 122 Å². The molecule has 0 bridgehead atoms. The maximum atomic E-state index is 13.4. The van der Waals surface area contributed by atoms with E-state index >= 15 is 0 Å². The minimum absolute atomic E-state index is 0.340. The topological polar surface area (TPSA) is 0 Å². The molecular weight excluding hydrogens is 567 g/mol. The molecule has 0 aliphatic heterocycles. The molecule has 0 heterocycles. The van der Waals surface area contributed by atoms with Crippen molar-refractivity contribution in [1.82, 2.24) is 0 Å². The van der Waals surface area contributed by atoms with Crippen LogP contribution in [-0.2, 0) is 0 Å². The third-order valence-corrected chi connectivity index (χ3v) is 5.76. The smallest absolute Gasteiger partial charge is 0.218 e. The van der Waals surface area contributed by atoms with Gasteiger partial charge in [0.25, 0.3) is 3.68 Å². The summed E-state index contributed by atoms with van der Waals surface area (Å²) in [6.07, 6.45) is 0. The molecule has 0 fully saturated rings. The van der Waals surface area contributed by atoms with Gasteiger partial charge in [-0.15, -0.1) is 0 Å². The molecule has 0 radical (unpaired) electrons. The van der Waals surface area contributed by atoms with Crippen LogP contribution in [0.2, 0.25) is 0 Å². The predicted octanol–water partition coefficient (Wildman–Crippen LogP) is 4.79. The van der Waals surface area contributed by atoms with Crippen LogP contribution in [0.1, 0.15) is 0 Å². The fourth-order valence-corrected chi connectivity index (χ4v) is 4.64. The van der Waals surface area contributed by atoms with Crippen molar-refractivity contribution in [1.29, 1.82) is 0 Å². The minimum atomic E-state index is -4.52. The highest BCUT2D eigenvalue weighted by Gasteiger charge is 2.76. The Hall–Kier alpha value is 1.51. The summed E-state index contributed by atoms with van der Waals surface area (Å²) in [7, 11) is 0. The number of hydrogen-bond acceptors (Lipinski definition) is 0.